The molecule has 0 atom stereocenters. The van der Waals surface area contributed by atoms with Crippen LogP contribution in [-0.2, 0) is 11.3 Å². The summed E-state index contributed by atoms with van der Waals surface area (Å²) in [6.07, 6.45) is 0.631. The van der Waals surface area contributed by atoms with Crippen molar-refractivity contribution in [2.24, 2.45) is 0 Å². The molecule has 1 heterocycles. The lowest BCUT2D eigenvalue weighted by atomic mass is 10.1. The second kappa shape index (κ2) is 3.37. The molecule has 3 N–H and O–H groups in total. The Balaban J connectivity index is 2.44. The number of hydrogen-bond donors (Lipinski definition) is 3. The zero-order valence-corrected chi connectivity index (χ0v) is 7.33. The standard InChI is InChI=1S/C9H9N3O2/c13-5-10-4-6-1-2-8-7(3-6)9(14)12-11-8/h1-3,5H,4H2,(H,10,13)(H2,11,12,14). The van der Waals surface area contributed by atoms with Gasteiger partial charge in [0.15, 0.2) is 0 Å². The Morgan fingerprint density at radius 2 is 2.21 bits per heavy atom. The van der Waals surface area contributed by atoms with Gasteiger partial charge in [-0.15, -0.1) is 0 Å². The molecule has 0 saturated heterocycles. The molecule has 0 aliphatic carbocycles. The molecule has 0 saturated carbocycles. The van der Waals surface area contributed by atoms with Crippen LogP contribution in [0.25, 0.3) is 10.9 Å². The van der Waals surface area contributed by atoms with Gasteiger partial charge in [-0.3, -0.25) is 19.8 Å². The van der Waals surface area contributed by atoms with Gasteiger partial charge in [0.25, 0.3) is 5.56 Å². The first-order valence-corrected chi connectivity index (χ1v) is 4.17. The average molecular weight is 191 g/mol. The Morgan fingerprint density at radius 3 is 3.00 bits per heavy atom. The van der Waals surface area contributed by atoms with Crippen LogP contribution in [0.15, 0.2) is 23.0 Å². The first-order valence-electron chi connectivity index (χ1n) is 4.17. The summed E-state index contributed by atoms with van der Waals surface area (Å²) < 4.78 is 0. The van der Waals surface area contributed by atoms with E-state index in [9.17, 15) is 9.59 Å². The van der Waals surface area contributed by atoms with Crippen LogP contribution in [0, 0.1) is 0 Å². The van der Waals surface area contributed by atoms with E-state index in [0.717, 1.165) is 11.1 Å². The summed E-state index contributed by atoms with van der Waals surface area (Å²) in [5, 5.41) is 8.38. The molecule has 1 aromatic heterocycles. The van der Waals surface area contributed by atoms with Gasteiger partial charge in [0.2, 0.25) is 6.41 Å². The van der Waals surface area contributed by atoms with Gasteiger partial charge in [-0.2, -0.15) is 0 Å². The van der Waals surface area contributed by atoms with Crippen LogP contribution < -0.4 is 10.9 Å². The van der Waals surface area contributed by atoms with Gasteiger partial charge in [0, 0.05) is 6.54 Å². The number of rotatable bonds is 3. The van der Waals surface area contributed by atoms with Crippen LogP contribution >= 0.6 is 0 Å². The second-order valence-electron chi connectivity index (χ2n) is 2.96. The van der Waals surface area contributed by atoms with Crippen molar-refractivity contribution in [3.63, 3.8) is 0 Å². The van der Waals surface area contributed by atoms with E-state index in [-0.39, 0.29) is 5.56 Å². The van der Waals surface area contributed by atoms with Gasteiger partial charge in [0.1, 0.15) is 0 Å². The fraction of sp³-hybridized carbons (Fsp3) is 0.111. The zero-order chi connectivity index (χ0) is 9.97. The van der Waals surface area contributed by atoms with Gasteiger partial charge in [-0.25, -0.2) is 0 Å². The predicted octanol–water partition coefficient (Wildman–Crippen LogP) is 0.102. The average Bonchev–Trinajstić information content (AvgIpc) is 2.57. The summed E-state index contributed by atoms with van der Waals surface area (Å²) in [6, 6.07) is 5.40. The van der Waals surface area contributed by atoms with Crippen molar-refractivity contribution in [2.75, 3.05) is 0 Å². The molecule has 5 heteroatoms. The molecule has 0 spiro atoms. The number of carbonyl (C=O) groups is 1. The van der Waals surface area contributed by atoms with E-state index in [2.05, 4.69) is 15.5 Å². The smallest absolute Gasteiger partial charge is 0.271 e. The molecule has 2 aromatic rings. The molecular weight excluding hydrogens is 182 g/mol. The molecular formula is C9H9N3O2. The fourth-order valence-corrected chi connectivity index (χ4v) is 1.35. The van der Waals surface area contributed by atoms with E-state index < -0.39 is 0 Å². The first kappa shape index (κ1) is 8.55. The Hall–Kier alpha value is -2.04. The molecule has 1 aromatic carbocycles. The minimum absolute atomic E-state index is 0.145. The van der Waals surface area contributed by atoms with Crippen LogP contribution in [0.5, 0.6) is 0 Å². The molecule has 0 aliphatic rings. The maximum absolute atomic E-state index is 11.2. The number of amides is 1. The minimum Gasteiger partial charge on any atom is -0.355 e. The number of nitrogens with one attached hydrogen (secondary N) is 3. The Kier molecular flexibility index (Phi) is 2.06. The number of aromatic amines is 2. The summed E-state index contributed by atoms with van der Waals surface area (Å²) in [6.45, 7) is 0.435. The van der Waals surface area contributed by atoms with Gasteiger partial charge in [-0.1, -0.05) is 6.07 Å². The third-order valence-corrected chi connectivity index (χ3v) is 2.03. The van der Waals surface area contributed by atoms with E-state index >= 15 is 0 Å². The number of H-pyrrole nitrogens is 2. The van der Waals surface area contributed by atoms with Crippen LogP contribution in [-0.4, -0.2) is 16.6 Å². The summed E-state index contributed by atoms with van der Waals surface area (Å²) in [7, 11) is 0. The maximum atomic E-state index is 11.2. The van der Waals surface area contributed by atoms with Crippen LogP contribution in [0.3, 0.4) is 0 Å². The Labute approximate surface area is 79.1 Å². The molecule has 1 amide bonds. The summed E-state index contributed by atoms with van der Waals surface area (Å²) >= 11 is 0. The molecule has 0 radical (unpaired) electrons. The SMILES string of the molecule is O=CNCc1ccc2[nH][nH]c(=O)c2c1. The van der Waals surface area contributed by atoms with E-state index in [1.165, 1.54) is 0 Å². The number of benzene rings is 1. The minimum atomic E-state index is -0.145. The fourth-order valence-electron chi connectivity index (χ4n) is 1.35. The molecule has 0 bridgehead atoms. The molecule has 14 heavy (non-hydrogen) atoms. The quantitative estimate of drug-likeness (QED) is 0.602. The predicted molar refractivity (Wildman–Crippen MR) is 51.8 cm³/mol. The lowest BCUT2D eigenvalue weighted by Crippen LogP contribution is -2.09. The highest BCUT2D eigenvalue weighted by atomic mass is 16.1. The van der Waals surface area contributed by atoms with Gasteiger partial charge in [-0.05, 0) is 17.7 Å². The summed E-state index contributed by atoms with van der Waals surface area (Å²) in [5.41, 5.74) is 1.52. The number of hydrogen-bond acceptors (Lipinski definition) is 2. The van der Waals surface area contributed by atoms with Crippen LogP contribution in [0.1, 0.15) is 5.56 Å². The first-order chi connectivity index (χ1) is 6.81. The summed E-state index contributed by atoms with van der Waals surface area (Å²) in [5.74, 6) is 0. The highest BCUT2D eigenvalue weighted by Gasteiger charge is 2.00. The van der Waals surface area contributed by atoms with Gasteiger partial charge < -0.3 is 5.32 Å². The van der Waals surface area contributed by atoms with Crippen molar-refractivity contribution in [3.8, 4) is 0 Å². The molecule has 5 nitrogen and oxygen atoms in total. The van der Waals surface area contributed by atoms with Crippen molar-refractivity contribution in [3.05, 3.63) is 34.1 Å². The number of aromatic nitrogens is 2. The third-order valence-electron chi connectivity index (χ3n) is 2.03. The van der Waals surface area contributed by atoms with Gasteiger partial charge in [0.05, 0.1) is 10.9 Å². The topological polar surface area (TPSA) is 77.8 Å². The van der Waals surface area contributed by atoms with Crippen molar-refractivity contribution < 1.29 is 4.79 Å². The lowest BCUT2D eigenvalue weighted by molar-refractivity contribution is -0.109. The Morgan fingerprint density at radius 1 is 1.36 bits per heavy atom. The monoisotopic (exact) mass is 191 g/mol. The molecule has 0 aliphatic heterocycles. The van der Waals surface area contributed by atoms with E-state index in [1.54, 1.807) is 12.1 Å². The van der Waals surface area contributed by atoms with Crippen molar-refractivity contribution in [2.45, 2.75) is 6.54 Å². The second-order valence-corrected chi connectivity index (χ2v) is 2.96. The normalized spacial score (nSPS) is 10.3. The highest BCUT2D eigenvalue weighted by Crippen LogP contribution is 2.08. The van der Waals surface area contributed by atoms with E-state index in [1.807, 2.05) is 6.07 Å². The maximum Gasteiger partial charge on any atom is 0.271 e. The van der Waals surface area contributed by atoms with E-state index in [4.69, 9.17) is 0 Å². The van der Waals surface area contributed by atoms with Crippen molar-refractivity contribution >= 4 is 17.3 Å². The highest BCUT2D eigenvalue weighted by molar-refractivity contribution is 5.78. The number of carbonyl (C=O) groups excluding carboxylic acids is 1. The molecule has 0 unspecified atom stereocenters. The third kappa shape index (κ3) is 1.39. The molecule has 2 rings (SSSR count). The number of fused-ring (bicyclic) bond motifs is 1. The van der Waals surface area contributed by atoms with E-state index in [0.29, 0.717) is 18.3 Å². The van der Waals surface area contributed by atoms with Crippen molar-refractivity contribution in [1.82, 2.24) is 15.5 Å². The molecule has 72 valence electrons. The van der Waals surface area contributed by atoms with Crippen LogP contribution in [0.2, 0.25) is 0 Å². The molecule has 0 fully saturated rings. The van der Waals surface area contributed by atoms with Crippen molar-refractivity contribution in [1.29, 1.82) is 0 Å². The zero-order valence-electron chi connectivity index (χ0n) is 7.33. The summed E-state index contributed by atoms with van der Waals surface area (Å²) in [4.78, 5) is 21.3. The van der Waals surface area contributed by atoms with Gasteiger partial charge >= 0.3 is 0 Å². The van der Waals surface area contributed by atoms with Crippen LogP contribution in [0.4, 0.5) is 0 Å². The Bertz CT molecular complexity index is 512. The lowest BCUT2D eigenvalue weighted by Gasteiger charge is -1.98. The largest absolute Gasteiger partial charge is 0.355 e.